The van der Waals surface area contributed by atoms with Gasteiger partial charge in [-0.05, 0) is 15.4 Å². The van der Waals surface area contributed by atoms with Crippen LogP contribution in [0.2, 0.25) is 5.04 Å². The molecule has 1 aliphatic rings. The topological polar surface area (TPSA) is 70.8 Å². The number of nitrogens with two attached hydrogens (primary N) is 1. The SMILES string of the molecule is COC(=O)CC1C=CC(N)C(CO[Si](c2ccccc2)(c2ccccc2)C(C)(C)C)O1. The molecule has 3 atom stereocenters. The van der Waals surface area contributed by atoms with E-state index >= 15 is 0 Å². The van der Waals surface area contributed by atoms with Gasteiger partial charge in [-0.1, -0.05) is 93.6 Å². The molecule has 0 spiro atoms. The van der Waals surface area contributed by atoms with Crippen molar-refractivity contribution in [3.63, 3.8) is 0 Å². The highest BCUT2D eigenvalue weighted by molar-refractivity contribution is 6.99. The largest absolute Gasteiger partial charge is 0.469 e. The van der Waals surface area contributed by atoms with Gasteiger partial charge >= 0.3 is 5.97 Å². The summed E-state index contributed by atoms with van der Waals surface area (Å²) < 4.78 is 17.9. The fraction of sp³-hybridized carbons (Fsp3) is 0.400. The van der Waals surface area contributed by atoms with Crippen LogP contribution in [0, 0.1) is 0 Å². The Hall–Kier alpha value is -2.25. The van der Waals surface area contributed by atoms with Crippen LogP contribution in [0.3, 0.4) is 0 Å². The predicted octanol–water partition coefficient (Wildman–Crippen LogP) is 2.78. The molecule has 5 nitrogen and oxygen atoms in total. The van der Waals surface area contributed by atoms with E-state index in [1.165, 1.54) is 17.5 Å². The van der Waals surface area contributed by atoms with Crippen LogP contribution in [-0.4, -0.2) is 46.3 Å². The van der Waals surface area contributed by atoms with E-state index in [2.05, 4.69) is 69.3 Å². The molecule has 3 unspecified atom stereocenters. The molecule has 166 valence electrons. The van der Waals surface area contributed by atoms with Crippen molar-refractivity contribution in [1.82, 2.24) is 0 Å². The summed E-state index contributed by atoms with van der Waals surface area (Å²) in [5.74, 6) is -0.309. The van der Waals surface area contributed by atoms with Crippen molar-refractivity contribution in [2.45, 2.75) is 50.5 Å². The van der Waals surface area contributed by atoms with Crippen LogP contribution < -0.4 is 16.1 Å². The molecule has 1 aliphatic heterocycles. The van der Waals surface area contributed by atoms with Crippen molar-refractivity contribution >= 4 is 24.7 Å². The average molecular weight is 440 g/mol. The van der Waals surface area contributed by atoms with Gasteiger partial charge in [-0.15, -0.1) is 0 Å². The zero-order chi connectivity index (χ0) is 22.5. The number of hydrogen-bond acceptors (Lipinski definition) is 5. The summed E-state index contributed by atoms with van der Waals surface area (Å²) in [5.41, 5.74) is 6.33. The monoisotopic (exact) mass is 439 g/mol. The molecular weight excluding hydrogens is 406 g/mol. The number of carbonyl (C=O) groups excluding carboxylic acids is 1. The fourth-order valence-electron chi connectivity index (χ4n) is 4.22. The van der Waals surface area contributed by atoms with E-state index in [0.717, 1.165) is 0 Å². The minimum atomic E-state index is -2.68. The fourth-order valence-corrected chi connectivity index (χ4v) is 8.79. The first kappa shape index (κ1) is 23.4. The van der Waals surface area contributed by atoms with Crippen molar-refractivity contribution in [2.24, 2.45) is 5.73 Å². The van der Waals surface area contributed by atoms with Gasteiger partial charge in [0.15, 0.2) is 0 Å². The summed E-state index contributed by atoms with van der Waals surface area (Å²) in [7, 11) is -1.30. The first-order valence-corrected chi connectivity index (χ1v) is 12.6. The molecule has 0 saturated heterocycles. The molecule has 0 radical (unpaired) electrons. The quantitative estimate of drug-likeness (QED) is 0.408. The standard InChI is InChI=1S/C25H33NO4Si/c1-25(2,3)31(20-11-7-5-8-12-20,21-13-9-6-10-14-21)29-18-23-22(26)16-15-19(30-23)17-24(27)28-4/h5-16,19,22-23H,17-18,26H2,1-4H3. The molecule has 0 fully saturated rings. The highest BCUT2D eigenvalue weighted by Gasteiger charge is 2.50. The van der Waals surface area contributed by atoms with Crippen LogP contribution in [-0.2, 0) is 18.7 Å². The van der Waals surface area contributed by atoms with Crippen LogP contribution in [0.1, 0.15) is 27.2 Å². The Morgan fingerprint density at radius 3 is 2.03 bits per heavy atom. The highest BCUT2D eigenvalue weighted by atomic mass is 28.4. The van der Waals surface area contributed by atoms with E-state index in [1.807, 2.05) is 24.3 Å². The zero-order valence-corrected chi connectivity index (χ0v) is 19.8. The first-order chi connectivity index (χ1) is 14.8. The predicted molar refractivity (Wildman–Crippen MR) is 126 cm³/mol. The number of benzene rings is 2. The number of carbonyl (C=O) groups is 1. The zero-order valence-electron chi connectivity index (χ0n) is 18.8. The maximum absolute atomic E-state index is 11.7. The Morgan fingerprint density at radius 1 is 1.00 bits per heavy atom. The minimum Gasteiger partial charge on any atom is -0.469 e. The van der Waals surface area contributed by atoms with Crippen molar-refractivity contribution in [3.8, 4) is 0 Å². The Bertz CT molecular complexity index is 840. The maximum Gasteiger partial charge on any atom is 0.308 e. The molecule has 0 aliphatic carbocycles. The smallest absolute Gasteiger partial charge is 0.308 e. The lowest BCUT2D eigenvalue weighted by Gasteiger charge is -2.44. The van der Waals surface area contributed by atoms with E-state index in [-0.39, 0.29) is 35.7 Å². The van der Waals surface area contributed by atoms with Crippen LogP contribution >= 0.6 is 0 Å². The number of rotatable bonds is 7. The molecule has 0 bridgehead atoms. The Kier molecular flexibility index (Phi) is 7.49. The van der Waals surface area contributed by atoms with Crippen LogP contribution in [0.4, 0.5) is 0 Å². The number of ether oxygens (including phenoxy) is 2. The first-order valence-electron chi connectivity index (χ1n) is 10.7. The molecular formula is C25H33NO4Si. The second-order valence-electron chi connectivity index (χ2n) is 8.93. The molecule has 1 heterocycles. The van der Waals surface area contributed by atoms with Gasteiger partial charge in [0, 0.05) is 0 Å². The Morgan fingerprint density at radius 2 is 1.55 bits per heavy atom. The van der Waals surface area contributed by atoms with Crippen LogP contribution in [0.5, 0.6) is 0 Å². The minimum absolute atomic E-state index is 0.129. The number of hydrogen-bond donors (Lipinski definition) is 1. The van der Waals surface area contributed by atoms with Crippen molar-refractivity contribution in [3.05, 3.63) is 72.8 Å². The summed E-state index contributed by atoms with van der Waals surface area (Å²) in [6.07, 6.45) is 3.19. The van der Waals surface area contributed by atoms with Gasteiger partial charge in [0.1, 0.15) is 0 Å². The van der Waals surface area contributed by atoms with Crippen LogP contribution in [0.25, 0.3) is 0 Å². The molecule has 3 rings (SSSR count). The van der Waals surface area contributed by atoms with Gasteiger partial charge in [-0.25, -0.2) is 0 Å². The Balaban J connectivity index is 1.93. The third kappa shape index (κ3) is 5.15. The van der Waals surface area contributed by atoms with Crippen LogP contribution in [0.15, 0.2) is 72.8 Å². The summed E-state index contributed by atoms with van der Waals surface area (Å²) in [5, 5.41) is 2.29. The molecule has 0 amide bonds. The second-order valence-corrected chi connectivity index (χ2v) is 13.2. The van der Waals surface area contributed by atoms with E-state index in [4.69, 9.17) is 19.6 Å². The van der Waals surface area contributed by atoms with Gasteiger partial charge in [0.05, 0.1) is 38.4 Å². The van der Waals surface area contributed by atoms with Gasteiger partial charge in [-0.3, -0.25) is 4.79 Å². The second kappa shape index (κ2) is 9.91. The van der Waals surface area contributed by atoms with E-state index in [0.29, 0.717) is 6.61 Å². The lowest BCUT2D eigenvalue weighted by atomic mass is 10.1. The number of esters is 1. The molecule has 2 aromatic carbocycles. The van der Waals surface area contributed by atoms with Gasteiger partial charge in [-0.2, -0.15) is 0 Å². The summed E-state index contributed by atoms with van der Waals surface area (Å²) >= 11 is 0. The summed E-state index contributed by atoms with van der Waals surface area (Å²) in [6.45, 7) is 7.05. The number of methoxy groups -OCH3 is 1. The maximum atomic E-state index is 11.7. The highest BCUT2D eigenvalue weighted by Crippen LogP contribution is 2.37. The lowest BCUT2D eigenvalue weighted by molar-refractivity contribution is -0.144. The third-order valence-electron chi connectivity index (χ3n) is 5.80. The average Bonchev–Trinajstić information content (AvgIpc) is 2.76. The van der Waals surface area contributed by atoms with Crippen molar-refractivity contribution < 1.29 is 18.7 Å². The molecule has 2 aromatic rings. The van der Waals surface area contributed by atoms with E-state index < -0.39 is 8.32 Å². The molecule has 0 aromatic heterocycles. The van der Waals surface area contributed by atoms with Crippen molar-refractivity contribution in [2.75, 3.05) is 13.7 Å². The van der Waals surface area contributed by atoms with Gasteiger partial charge in [0.25, 0.3) is 8.32 Å². The van der Waals surface area contributed by atoms with E-state index in [1.54, 1.807) is 0 Å². The van der Waals surface area contributed by atoms with E-state index in [9.17, 15) is 4.79 Å². The lowest BCUT2D eigenvalue weighted by Crippen LogP contribution is -2.67. The Labute approximate surface area is 186 Å². The summed E-state index contributed by atoms with van der Waals surface area (Å²) in [6, 6.07) is 20.6. The molecule has 6 heteroatoms. The molecule has 0 saturated carbocycles. The normalized spacial score (nSPS) is 21.6. The molecule has 2 N–H and O–H groups in total. The molecule has 31 heavy (non-hydrogen) atoms. The van der Waals surface area contributed by atoms with Crippen molar-refractivity contribution in [1.29, 1.82) is 0 Å². The third-order valence-corrected chi connectivity index (χ3v) is 10.8. The summed E-state index contributed by atoms with van der Waals surface area (Å²) in [4.78, 5) is 11.7. The van der Waals surface area contributed by atoms with Gasteiger partial charge < -0.3 is 19.6 Å². The van der Waals surface area contributed by atoms with Gasteiger partial charge in [0.2, 0.25) is 0 Å².